The normalized spacial score (nSPS) is 14.1. The average Bonchev–Trinajstić information content (AvgIpc) is 2.44. The third kappa shape index (κ3) is 4.33. The maximum absolute atomic E-state index is 12.7. The Labute approximate surface area is 142 Å². The van der Waals surface area contributed by atoms with Crippen LogP contribution < -0.4 is 10.5 Å². The lowest BCUT2D eigenvalue weighted by atomic mass is 10.0. The largest absolute Gasteiger partial charge is 0.451 e. The number of carbonyl (C=O) groups excluding carboxylic acids is 2. The second kappa shape index (κ2) is 7.31. The van der Waals surface area contributed by atoms with E-state index in [0.717, 1.165) is 11.1 Å². The molecule has 1 aromatic rings. The Morgan fingerprint density at radius 2 is 1.54 bits per heavy atom. The van der Waals surface area contributed by atoms with Crippen LogP contribution in [0.4, 0.5) is 0 Å². The summed E-state index contributed by atoms with van der Waals surface area (Å²) in [6.45, 7) is 9.75. The third-order valence-electron chi connectivity index (χ3n) is 3.95. The molecule has 7 nitrogen and oxygen atoms in total. The molecule has 0 aliphatic rings. The molecule has 2 atom stereocenters. The van der Waals surface area contributed by atoms with Gasteiger partial charge in [0, 0.05) is 0 Å². The molecule has 0 aromatic heterocycles. The van der Waals surface area contributed by atoms with Gasteiger partial charge in [-0.05, 0) is 63.8 Å². The van der Waals surface area contributed by atoms with Crippen LogP contribution in [0, 0.1) is 27.7 Å². The molecule has 134 valence electrons. The Morgan fingerprint density at radius 1 is 1.08 bits per heavy atom. The van der Waals surface area contributed by atoms with Crippen molar-refractivity contribution in [2.45, 2.75) is 58.6 Å². The molecule has 0 aliphatic heterocycles. The minimum Gasteiger partial charge on any atom is -0.451 e. The Balaban J connectivity index is 3.11. The Bertz CT molecular complexity index is 745. The second-order valence-electron chi connectivity index (χ2n) is 5.91. The van der Waals surface area contributed by atoms with Crippen molar-refractivity contribution in [1.29, 1.82) is 0 Å². The number of primary amides is 1. The van der Waals surface area contributed by atoms with E-state index in [0.29, 0.717) is 11.1 Å². The summed E-state index contributed by atoms with van der Waals surface area (Å²) in [4.78, 5) is 23.0. The summed E-state index contributed by atoms with van der Waals surface area (Å²) in [5.41, 5.74) is 7.95. The lowest BCUT2D eigenvalue weighted by Gasteiger charge is -2.19. The molecule has 0 spiro atoms. The van der Waals surface area contributed by atoms with Gasteiger partial charge in [0.05, 0.1) is 4.90 Å². The van der Waals surface area contributed by atoms with Gasteiger partial charge in [-0.15, -0.1) is 0 Å². The van der Waals surface area contributed by atoms with Gasteiger partial charge >= 0.3 is 5.97 Å². The fraction of sp³-hybridized carbons (Fsp3) is 0.500. The number of aryl methyl sites for hydroxylation is 2. The van der Waals surface area contributed by atoms with Crippen LogP contribution >= 0.6 is 0 Å². The predicted molar refractivity (Wildman–Crippen MR) is 89.9 cm³/mol. The van der Waals surface area contributed by atoms with Crippen molar-refractivity contribution in [2.24, 2.45) is 5.73 Å². The molecule has 0 bridgehead atoms. The highest BCUT2D eigenvalue weighted by Crippen LogP contribution is 2.26. The number of benzene rings is 1. The van der Waals surface area contributed by atoms with Gasteiger partial charge < -0.3 is 10.5 Å². The number of sulfonamides is 1. The van der Waals surface area contributed by atoms with E-state index in [-0.39, 0.29) is 4.90 Å². The summed E-state index contributed by atoms with van der Waals surface area (Å²) in [5.74, 6) is -1.68. The monoisotopic (exact) mass is 356 g/mol. The van der Waals surface area contributed by atoms with Crippen molar-refractivity contribution >= 4 is 21.9 Å². The van der Waals surface area contributed by atoms with E-state index in [9.17, 15) is 18.0 Å². The van der Waals surface area contributed by atoms with Gasteiger partial charge in [0.1, 0.15) is 6.04 Å². The number of hydrogen-bond donors (Lipinski definition) is 2. The van der Waals surface area contributed by atoms with Crippen LogP contribution in [0.15, 0.2) is 11.0 Å². The van der Waals surface area contributed by atoms with Crippen molar-refractivity contribution in [2.75, 3.05) is 0 Å². The lowest BCUT2D eigenvalue weighted by molar-refractivity contribution is -0.155. The van der Waals surface area contributed by atoms with Gasteiger partial charge in [0.15, 0.2) is 6.10 Å². The summed E-state index contributed by atoms with van der Waals surface area (Å²) in [5, 5.41) is 0. The highest BCUT2D eigenvalue weighted by atomic mass is 32.2. The van der Waals surface area contributed by atoms with E-state index in [1.807, 2.05) is 19.9 Å². The summed E-state index contributed by atoms with van der Waals surface area (Å²) >= 11 is 0. The molecule has 0 saturated heterocycles. The van der Waals surface area contributed by atoms with Gasteiger partial charge in [-0.25, -0.2) is 8.42 Å². The molecule has 1 unspecified atom stereocenters. The number of amides is 1. The van der Waals surface area contributed by atoms with E-state index in [4.69, 9.17) is 10.5 Å². The van der Waals surface area contributed by atoms with Gasteiger partial charge in [-0.2, -0.15) is 4.72 Å². The van der Waals surface area contributed by atoms with Crippen molar-refractivity contribution < 1.29 is 22.7 Å². The molecule has 1 amide bonds. The number of rotatable bonds is 6. The molecule has 0 fully saturated rings. The standard InChI is InChI=1S/C16H24N2O5S/c1-8-7-9(2)11(4)14(10(8)3)24(21,22)18-12(5)16(20)23-13(6)15(17)19/h7,12-13,18H,1-6H3,(H2,17,19)/t12-,13?/m1/s1. The van der Waals surface area contributed by atoms with Crippen LogP contribution in [-0.4, -0.2) is 32.4 Å². The fourth-order valence-corrected chi connectivity index (χ4v) is 4.07. The highest BCUT2D eigenvalue weighted by molar-refractivity contribution is 7.89. The minimum atomic E-state index is -3.93. The van der Waals surface area contributed by atoms with Crippen LogP contribution in [-0.2, 0) is 24.3 Å². The molecule has 0 heterocycles. The van der Waals surface area contributed by atoms with Crippen LogP contribution in [0.1, 0.15) is 36.1 Å². The maximum atomic E-state index is 12.7. The molecular formula is C16H24N2O5S. The molecule has 24 heavy (non-hydrogen) atoms. The number of ether oxygens (including phenoxy) is 1. The second-order valence-corrected chi connectivity index (χ2v) is 7.56. The van der Waals surface area contributed by atoms with Crippen LogP contribution in [0.2, 0.25) is 0 Å². The van der Waals surface area contributed by atoms with Crippen LogP contribution in [0.25, 0.3) is 0 Å². The van der Waals surface area contributed by atoms with Crippen LogP contribution in [0.3, 0.4) is 0 Å². The molecule has 1 aromatic carbocycles. The number of nitrogens with two attached hydrogens (primary N) is 1. The van der Waals surface area contributed by atoms with E-state index in [2.05, 4.69) is 4.72 Å². The Hall–Kier alpha value is -1.93. The van der Waals surface area contributed by atoms with Crippen molar-refractivity contribution in [3.63, 3.8) is 0 Å². The molecule has 0 saturated carbocycles. The molecule has 3 N–H and O–H groups in total. The number of esters is 1. The van der Waals surface area contributed by atoms with Gasteiger partial charge in [-0.3, -0.25) is 9.59 Å². The molecule has 8 heteroatoms. The molecule has 0 radical (unpaired) electrons. The summed E-state index contributed by atoms with van der Waals surface area (Å²) in [6, 6.07) is 0.757. The van der Waals surface area contributed by atoms with E-state index < -0.39 is 34.0 Å². The average molecular weight is 356 g/mol. The summed E-state index contributed by atoms with van der Waals surface area (Å²) < 4.78 is 32.5. The van der Waals surface area contributed by atoms with E-state index >= 15 is 0 Å². The highest BCUT2D eigenvalue weighted by Gasteiger charge is 2.28. The van der Waals surface area contributed by atoms with E-state index in [1.165, 1.54) is 13.8 Å². The minimum absolute atomic E-state index is 0.155. The number of hydrogen-bond acceptors (Lipinski definition) is 5. The lowest BCUT2D eigenvalue weighted by Crippen LogP contribution is -2.42. The first kappa shape index (κ1) is 20.1. The summed E-state index contributed by atoms with van der Waals surface area (Å²) in [6.07, 6.45) is -1.13. The SMILES string of the molecule is Cc1cc(C)c(C)c(S(=O)(=O)N[C@H](C)C(=O)OC(C)C(N)=O)c1C. The topological polar surface area (TPSA) is 116 Å². The third-order valence-corrected chi connectivity index (χ3v) is 5.76. The van der Waals surface area contributed by atoms with E-state index in [1.54, 1.807) is 13.8 Å². The zero-order chi connectivity index (χ0) is 18.8. The number of carbonyl (C=O) groups is 2. The first-order valence-corrected chi connectivity index (χ1v) is 8.96. The molecular weight excluding hydrogens is 332 g/mol. The molecule has 0 aliphatic carbocycles. The summed E-state index contributed by atoms with van der Waals surface area (Å²) in [7, 11) is -3.93. The maximum Gasteiger partial charge on any atom is 0.324 e. The quantitative estimate of drug-likeness (QED) is 0.738. The van der Waals surface area contributed by atoms with Crippen molar-refractivity contribution in [1.82, 2.24) is 4.72 Å². The Morgan fingerprint density at radius 3 is 1.96 bits per heavy atom. The predicted octanol–water partition coefficient (Wildman–Crippen LogP) is 1.00. The fourth-order valence-electron chi connectivity index (χ4n) is 2.26. The first-order valence-electron chi connectivity index (χ1n) is 7.48. The van der Waals surface area contributed by atoms with Gasteiger partial charge in [0.2, 0.25) is 10.0 Å². The van der Waals surface area contributed by atoms with Crippen LogP contribution in [0.5, 0.6) is 0 Å². The van der Waals surface area contributed by atoms with Gasteiger partial charge in [0.25, 0.3) is 5.91 Å². The van der Waals surface area contributed by atoms with Crippen molar-refractivity contribution in [3.8, 4) is 0 Å². The first-order chi connectivity index (χ1) is 10.9. The number of nitrogens with one attached hydrogen (secondary N) is 1. The molecule has 1 rings (SSSR count). The van der Waals surface area contributed by atoms with Crippen molar-refractivity contribution in [3.05, 3.63) is 28.3 Å². The zero-order valence-corrected chi connectivity index (χ0v) is 15.6. The Kier molecular flexibility index (Phi) is 6.13. The zero-order valence-electron chi connectivity index (χ0n) is 14.8. The smallest absolute Gasteiger partial charge is 0.324 e. The van der Waals surface area contributed by atoms with Gasteiger partial charge in [-0.1, -0.05) is 6.07 Å².